The molecule has 2 unspecified atom stereocenters. The first-order valence-electron chi connectivity index (χ1n) is 5.08. The standard InChI is InChI=1S/C9H13Cl3N2O/c10-9(11,12)8(15)6-4-2-1-3-5-7(6)13-14-8/h6,14-15H,1-5H2. The molecular formula is C9H13Cl3N2O. The number of nitrogens with one attached hydrogen (secondary N) is 1. The number of aliphatic hydroxyl groups is 1. The predicted molar refractivity (Wildman–Crippen MR) is 62.4 cm³/mol. The molecule has 6 heteroatoms. The summed E-state index contributed by atoms with van der Waals surface area (Å²) >= 11 is 17.4. The number of fused-ring (bicyclic) bond motifs is 1. The third-order valence-corrected chi connectivity index (χ3v) is 4.00. The van der Waals surface area contributed by atoms with Crippen LogP contribution in [0.3, 0.4) is 0 Å². The van der Waals surface area contributed by atoms with Crippen molar-refractivity contribution >= 4 is 40.5 Å². The van der Waals surface area contributed by atoms with Crippen molar-refractivity contribution in [3.63, 3.8) is 0 Å². The Morgan fingerprint density at radius 3 is 2.73 bits per heavy atom. The first-order chi connectivity index (χ1) is 6.95. The first-order valence-corrected chi connectivity index (χ1v) is 6.21. The summed E-state index contributed by atoms with van der Waals surface area (Å²) in [5, 5.41) is 14.4. The van der Waals surface area contributed by atoms with Gasteiger partial charge in [0.25, 0.3) is 0 Å². The monoisotopic (exact) mass is 270 g/mol. The molecule has 0 radical (unpaired) electrons. The smallest absolute Gasteiger partial charge is 0.239 e. The van der Waals surface area contributed by atoms with Gasteiger partial charge in [-0.3, -0.25) is 5.43 Å². The van der Waals surface area contributed by atoms with Crippen LogP contribution in [0.2, 0.25) is 0 Å². The summed E-state index contributed by atoms with van der Waals surface area (Å²) in [7, 11) is 0. The van der Waals surface area contributed by atoms with Gasteiger partial charge in [0, 0.05) is 5.71 Å². The second-order valence-electron chi connectivity index (χ2n) is 4.13. The van der Waals surface area contributed by atoms with E-state index in [1.807, 2.05) is 0 Å². The summed E-state index contributed by atoms with van der Waals surface area (Å²) in [6, 6.07) is 0. The summed E-state index contributed by atoms with van der Waals surface area (Å²) in [5.74, 6) is -0.174. The lowest BCUT2D eigenvalue weighted by Gasteiger charge is -2.35. The van der Waals surface area contributed by atoms with Crippen molar-refractivity contribution in [2.45, 2.75) is 41.6 Å². The number of rotatable bonds is 0. The lowest BCUT2D eigenvalue weighted by Crippen LogP contribution is -2.56. The highest BCUT2D eigenvalue weighted by molar-refractivity contribution is 6.68. The molecule has 1 aliphatic carbocycles. The lowest BCUT2D eigenvalue weighted by atomic mass is 9.89. The van der Waals surface area contributed by atoms with Gasteiger partial charge in [-0.1, -0.05) is 47.6 Å². The molecule has 1 aliphatic heterocycles. The molecule has 2 N–H and O–H groups in total. The highest BCUT2D eigenvalue weighted by atomic mass is 35.6. The SMILES string of the molecule is OC1(C(Cl)(Cl)Cl)NN=C2CCCCCC21. The van der Waals surface area contributed by atoms with Gasteiger partial charge in [0.15, 0.2) is 0 Å². The summed E-state index contributed by atoms with van der Waals surface area (Å²) in [6.07, 6.45) is 4.96. The van der Waals surface area contributed by atoms with Gasteiger partial charge in [-0.05, 0) is 19.3 Å². The summed E-state index contributed by atoms with van der Waals surface area (Å²) in [5.41, 5.74) is 1.98. The van der Waals surface area contributed by atoms with E-state index >= 15 is 0 Å². The summed E-state index contributed by atoms with van der Waals surface area (Å²) in [6.45, 7) is 0. The van der Waals surface area contributed by atoms with Gasteiger partial charge in [-0.2, -0.15) is 5.10 Å². The van der Waals surface area contributed by atoms with Crippen molar-refractivity contribution in [1.82, 2.24) is 5.43 Å². The van der Waals surface area contributed by atoms with E-state index in [0.29, 0.717) is 0 Å². The minimum absolute atomic E-state index is 0.174. The van der Waals surface area contributed by atoms with E-state index in [2.05, 4.69) is 10.5 Å². The Bertz CT molecular complexity index is 290. The van der Waals surface area contributed by atoms with Crippen LogP contribution in [0.4, 0.5) is 0 Å². The van der Waals surface area contributed by atoms with Gasteiger partial charge in [-0.25, -0.2) is 0 Å². The van der Waals surface area contributed by atoms with E-state index in [0.717, 1.165) is 37.8 Å². The molecule has 0 bridgehead atoms. The van der Waals surface area contributed by atoms with Crippen molar-refractivity contribution in [2.75, 3.05) is 0 Å². The normalized spacial score (nSPS) is 36.5. The number of hydrazone groups is 1. The Morgan fingerprint density at radius 1 is 1.33 bits per heavy atom. The molecule has 0 saturated heterocycles. The van der Waals surface area contributed by atoms with E-state index in [-0.39, 0.29) is 5.92 Å². The molecule has 0 spiro atoms. The van der Waals surface area contributed by atoms with Crippen LogP contribution in [-0.4, -0.2) is 20.3 Å². The van der Waals surface area contributed by atoms with Crippen LogP contribution in [0.1, 0.15) is 32.1 Å². The van der Waals surface area contributed by atoms with Crippen molar-refractivity contribution < 1.29 is 5.11 Å². The van der Waals surface area contributed by atoms with Crippen LogP contribution in [0.15, 0.2) is 5.10 Å². The minimum Gasteiger partial charge on any atom is -0.366 e. The molecule has 0 aromatic carbocycles. The molecule has 86 valence electrons. The van der Waals surface area contributed by atoms with Crippen molar-refractivity contribution in [3.05, 3.63) is 0 Å². The zero-order valence-electron chi connectivity index (χ0n) is 8.14. The molecule has 2 aliphatic rings. The van der Waals surface area contributed by atoms with Crippen molar-refractivity contribution in [3.8, 4) is 0 Å². The molecule has 1 fully saturated rings. The largest absolute Gasteiger partial charge is 0.366 e. The Labute approximate surface area is 104 Å². The highest BCUT2D eigenvalue weighted by Crippen LogP contribution is 2.46. The summed E-state index contributed by atoms with van der Waals surface area (Å²) in [4.78, 5) is 0. The van der Waals surface area contributed by atoms with Gasteiger partial charge in [0.1, 0.15) is 0 Å². The van der Waals surface area contributed by atoms with E-state index in [9.17, 15) is 5.11 Å². The van der Waals surface area contributed by atoms with Gasteiger partial charge in [0.2, 0.25) is 9.52 Å². The van der Waals surface area contributed by atoms with Gasteiger partial charge in [-0.15, -0.1) is 0 Å². The average Bonchev–Trinajstić information content (AvgIpc) is 2.37. The number of halogens is 3. The fourth-order valence-corrected chi connectivity index (χ4v) is 2.77. The van der Waals surface area contributed by atoms with Gasteiger partial charge < -0.3 is 5.11 Å². The second kappa shape index (κ2) is 3.95. The number of hydrogen-bond acceptors (Lipinski definition) is 3. The van der Waals surface area contributed by atoms with E-state index in [1.54, 1.807) is 0 Å². The zero-order valence-corrected chi connectivity index (χ0v) is 10.4. The van der Waals surface area contributed by atoms with Crippen LogP contribution in [0, 0.1) is 5.92 Å². The Morgan fingerprint density at radius 2 is 2.07 bits per heavy atom. The van der Waals surface area contributed by atoms with Crippen LogP contribution < -0.4 is 5.43 Å². The van der Waals surface area contributed by atoms with Crippen molar-refractivity contribution in [2.24, 2.45) is 11.0 Å². The Kier molecular flexibility index (Phi) is 3.10. The number of alkyl halides is 3. The molecule has 1 heterocycles. The molecule has 1 saturated carbocycles. The first kappa shape index (κ1) is 11.8. The third kappa shape index (κ3) is 1.95. The second-order valence-corrected chi connectivity index (χ2v) is 6.41. The topological polar surface area (TPSA) is 44.6 Å². The molecule has 0 amide bonds. The maximum Gasteiger partial charge on any atom is 0.239 e. The molecule has 2 rings (SSSR count). The fraction of sp³-hybridized carbons (Fsp3) is 0.889. The fourth-order valence-electron chi connectivity index (χ4n) is 2.25. The zero-order chi connectivity index (χ0) is 11.1. The third-order valence-electron chi connectivity index (χ3n) is 3.13. The van der Waals surface area contributed by atoms with Crippen LogP contribution in [0.25, 0.3) is 0 Å². The number of nitrogens with zero attached hydrogens (tertiary/aromatic N) is 1. The maximum atomic E-state index is 10.3. The molecule has 0 aromatic heterocycles. The highest BCUT2D eigenvalue weighted by Gasteiger charge is 2.57. The predicted octanol–water partition coefficient (Wildman–Crippen LogP) is 2.58. The lowest BCUT2D eigenvalue weighted by molar-refractivity contribution is -0.0131. The van der Waals surface area contributed by atoms with E-state index in [4.69, 9.17) is 34.8 Å². The van der Waals surface area contributed by atoms with E-state index < -0.39 is 9.52 Å². The van der Waals surface area contributed by atoms with Crippen LogP contribution >= 0.6 is 34.8 Å². The maximum absolute atomic E-state index is 10.3. The summed E-state index contributed by atoms with van der Waals surface area (Å²) < 4.78 is -1.76. The Balaban J connectivity index is 2.25. The van der Waals surface area contributed by atoms with Gasteiger partial charge in [0.05, 0.1) is 5.92 Å². The van der Waals surface area contributed by atoms with E-state index in [1.165, 1.54) is 0 Å². The molecule has 0 aromatic rings. The molecule has 2 atom stereocenters. The minimum atomic E-state index is -1.76. The van der Waals surface area contributed by atoms with Gasteiger partial charge >= 0.3 is 0 Å². The van der Waals surface area contributed by atoms with Crippen molar-refractivity contribution in [1.29, 1.82) is 0 Å². The number of hydrogen-bond donors (Lipinski definition) is 2. The van der Waals surface area contributed by atoms with Crippen LogP contribution in [0.5, 0.6) is 0 Å². The average molecular weight is 272 g/mol. The quantitative estimate of drug-likeness (QED) is 0.665. The molecule has 3 nitrogen and oxygen atoms in total. The molecule has 15 heavy (non-hydrogen) atoms. The molecular weight excluding hydrogens is 258 g/mol. The Hall–Kier alpha value is 0.300. The van der Waals surface area contributed by atoms with Crippen LogP contribution in [-0.2, 0) is 0 Å².